The maximum absolute atomic E-state index is 12.8. The molecule has 0 aliphatic heterocycles. The molecule has 0 fully saturated rings. The Morgan fingerprint density at radius 1 is 1.15 bits per heavy atom. The van der Waals surface area contributed by atoms with Crippen molar-refractivity contribution >= 4 is 29.1 Å². The fourth-order valence-corrected chi connectivity index (χ4v) is 3.16. The summed E-state index contributed by atoms with van der Waals surface area (Å²) in [6, 6.07) is 12.3. The van der Waals surface area contributed by atoms with E-state index in [4.69, 9.17) is 5.11 Å². The third-order valence-corrected chi connectivity index (χ3v) is 4.76. The van der Waals surface area contributed by atoms with Gasteiger partial charge in [0.1, 0.15) is 6.04 Å². The normalized spacial score (nSPS) is 11.6. The van der Waals surface area contributed by atoms with E-state index in [0.29, 0.717) is 24.3 Å². The summed E-state index contributed by atoms with van der Waals surface area (Å²) in [5, 5.41) is 13.4. The molecular formula is C19H22N2O4S. The van der Waals surface area contributed by atoms with Gasteiger partial charge in [-0.05, 0) is 23.4 Å². The lowest BCUT2D eigenvalue weighted by atomic mass is 10.0. The third-order valence-electron chi connectivity index (χ3n) is 3.89. The van der Waals surface area contributed by atoms with Gasteiger partial charge in [0.2, 0.25) is 5.91 Å². The van der Waals surface area contributed by atoms with Crippen LogP contribution in [0.1, 0.15) is 28.1 Å². The van der Waals surface area contributed by atoms with Crippen LogP contribution in [0.15, 0.2) is 47.8 Å². The van der Waals surface area contributed by atoms with Crippen LogP contribution in [0.25, 0.3) is 0 Å². The second kappa shape index (κ2) is 9.72. The lowest BCUT2D eigenvalue weighted by Crippen LogP contribution is -2.48. The largest absolute Gasteiger partial charge is 0.481 e. The first-order valence-electron chi connectivity index (χ1n) is 8.32. The Bertz CT molecular complexity index is 731. The van der Waals surface area contributed by atoms with Gasteiger partial charge in [-0.15, -0.1) is 11.3 Å². The number of carboxylic acid groups (broad SMARTS) is 1. The van der Waals surface area contributed by atoms with E-state index in [2.05, 4.69) is 5.32 Å². The smallest absolute Gasteiger partial charge is 0.303 e. The fraction of sp³-hybridized carbons (Fsp3) is 0.316. The standard InChI is InChI=1S/C19H22N2O4S/c1-21(11-5-10-17(22)23)19(25)15(13-14-7-3-2-4-8-14)20-18(24)16-9-6-12-26-16/h2-4,6-9,12,15H,5,10-11,13H2,1H3,(H,20,24)(H,22,23). The maximum atomic E-state index is 12.8. The Labute approximate surface area is 156 Å². The van der Waals surface area contributed by atoms with Gasteiger partial charge < -0.3 is 15.3 Å². The van der Waals surface area contributed by atoms with E-state index in [1.165, 1.54) is 16.2 Å². The first-order chi connectivity index (χ1) is 12.5. The molecule has 0 saturated heterocycles. The number of nitrogens with zero attached hydrogens (tertiary/aromatic N) is 1. The van der Waals surface area contributed by atoms with E-state index in [0.717, 1.165) is 5.56 Å². The summed E-state index contributed by atoms with van der Waals surface area (Å²) < 4.78 is 0. The van der Waals surface area contributed by atoms with Gasteiger partial charge in [-0.2, -0.15) is 0 Å². The van der Waals surface area contributed by atoms with Crippen LogP contribution in [0.3, 0.4) is 0 Å². The SMILES string of the molecule is CN(CCCC(=O)O)C(=O)C(Cc1ccccc1)NC(=O)c1cccs1. The fourth-order valence-electron chi connectivity index (χ4n) is 2.53. The van der Waals surface area contributed by atoms with E-state index < -0.39 is 12.0 Å². The molecule has 0 spiro atoms. The second-order valence-electron chi connectivity index (χ2n) is 5.95. The molecule has 1 aromatic carbocycles. The van der Waals surface area contributed by atoms with Crippen molar-refractivity contribution in [2.24, 2.45) is 0 Å². The van der Waals surface area contributed by atoms with Gasteiger partial charge >= 0.3 is 5.97 Å². The molecule has 0 radical (unpaired) electrons. The molecule has 1 unspecified atom stereocenters. The van der Waals surface area contributed by atoms with Gasteiger partial charge in [-0.3, -0.25) is 14.4 Å². The van der Waals surface area contributed by atoms with Crippen LogP contribution >= 0.6 is 11.3 Å². The van der Waals surface area contributed by atoms with E-state index in [-0.39, 0.29) is 18.2 Å². The number of carbonyl (C=O) groups excluding carboxylic acids is 2. The predicted molar refractivity (Wildman–Crippen MR) is 100 cm³/mol. The van der Waals surface area contributed by atoms with Crippen LogP contribution in [0.5, 0.6) is 0 Å². The van der Waals surface area contributed by atoms with Crippen molar-refractivity contribution in [2.75, 3.05) is 13.6 Å². The Kier molecular flexibility index (Phi) is 7.35. The molecule has 2 aromatic rings. The topological polar surface area (TPSA) is 86.7 Å². The van der Waals surface area contributed by atoms with Crippen molar-refractivity contribution in [3.8, 4) is 0 Å². The van der Waals surface area contributed by atoms with Gasteiger partial charge in [0, 0.05) is 26.4 Å². The van der Waals surface area contributed by atoms with Crippen molar-refractivity contribution in [3.63, 3.8) is 0 Å². The van der Waals surface area contributed by atoms with Crippen molar-refractivity contribution in [1.82, 2.24) is 10.2 Å². The number of carbonyl (C=O) groups is 3. The third kappa shape index (κ3) is 6.00. The number of benzene rings is 1. The zero-order chi connectivity index (χ0) is 18.9. The van der Waals surface area contributed by atoms with Crippen LogP contribution in [-0.2, 0) is 16.0 Å². The van der Waals surface area contributed by atoms with Crippen LogP contribution in [0.4, 0.5) is 0 Å². The minimum Gasteiger partial charge on any atom is -0.481 e. The van der Waals surface area contributed by atoms with Crippen LogP contribution < -0.4 is 5.32 Å². The highest BCUT2D eigenvalue weighted by Crippen LogP contribution is 2.11. The quantitative estimate of drug-likeness (QED) is 0.706. The monoisotopic (exact) mass is 374 g/mol. The van der Waals surface area contributed by atoms with Gasteiger partial charge in [-0.25, -0.2) is 0 Å². The summed E-state index contributed by atoms with van der Waals surface area (Å²) in [6.45, 7) is 0.325. The average Bonchev–Trinajstić information content (AvgIpc) is 3.15. The van der Waals surface area contributed by atoms with Crippen molar-refractivity contribution < 1.29 is 19.5 Å². The Morgan fingerprint density at radius 2 is 1.88 bits per heavy atom. The molecule has 2 amide bonds. The highest BCUT2D eigenvalue weighted by Gasteiger charge is 2.25. The number of hydrogen-bond acceptors (Lipinski definition) is 4. The van der Waals surface area contributed by atoms with Crippen LogP contribution in [-0.4, -0.2) is 47.4 Å². The highest BCUT2D eigenvalue weighted by molar-refractivity contribution is 7.12. The van der Waals surface area contributed by atoms with Gasteiger partial charge in [-0.1, -0.05) is 36.4 Å². The van der Waals surface area contributed by atoms with Crippen molar-refractivity contribution in [3.05, 3.63) is 58.3 Å². The first-order valence-corrected chi connectivity index (χ1v) is 9.20. The number of hydrogen-bond donors (Lipinski definition) is 2. The van der Waals surface area contributed by atoms with Gasteiger partial charge in [0.15, 0.2) is 0 Å². The number of likely N-dealkylation sites (N-methyl/N-ethyl adjacent to an activating group) is 1. The number of rotatable bonds is 9. The molecule has 7 heteroatoms. The minimum absolute atomic E-state index is 0.00251. The molecule has 0 saturated carbocycles. The number of aliphatic carboxylic acids is 1. The maximum Gasteiger partial charge on any atom is 0.303 e. The van der Waals surface area contributed by atoms with Crippen LogP contribution in [0, 0.1) is 0 Å². The molecule has 0 aliphatic carbocycles. The Hall–Kier alpha value is -2.67. The lowest BCUT2D eigenvalue weighted by Gasteiger charge is -2.24. The summed E-state index contributed by atoms with van der Waals surface area (Å²) in [7, 11) is 1.62. The molecule has 2 rings (SSSR count). The molecule has 1 heterocycles. The molecule has 6 nitrogen and oxygen atoms in total. The van der Waals surface area contributed by atoms with Gasteiger partial charge in [0.25, 0.3) is 5.91 Å². The zero-order valence-corrected chi connectivity index (χ0v) is 15.4. The van der Waals surface area contributed by atoms with Crippen molar-refractivity contribution in [2.45, 2.75) is 25.3 Å². The molecule has 2 N–H and O–H groups in total. The average molecular weight is 374 g/mol. The summed E-state index contributed by atoms with van der Waals surface area (Å²) in [5.74, 6) is -1.41. The second-order valence-corrected chi connectivity index (χ2v) is 6.90. The summed E-state index contributed by atoms with van der Waals surface area (Å²) in [4.78, 5) is 37.8. The molecule has 1 atom stereocenters. The molecular weight excluding hydrogens is 352 g/mol. The molecule has 138 valence electrons. The molecule has 0 bridgehead atoms. The number of nitrogens with one attached hydrogen (secondary N) is 1. The lowest BCUT2D eigenvalue weighted by molar-refractivity contribution is -0.138. The van der Waals surface area contributed by atoms with E-state index in [1.54, 1.807) is 24.6 Å². The number of amides is 2. The molecule has 26 heavy (non-hydrogen) atoms. The first kappa shape index (κ1) is 19.7. The molecule has 0 aliphatic rings. The zero-order valence-electron chi connectivity index (χ0n) is 14.6. The number of carboxylic acids is 1. The highest BCUT2D eigenvalue weighted by atomic mass is 32.1. The van der Waals surface area contributed by atoms with E-state index in [9.17, 15) is 14.4 Å². The minimum atomic E-state index is -0.891. The van der Waals surface area contributed by atoms with E-state index in [1.807, 2.05) is 30.3 Å². The van der Waals surface area contributed by atoms with Gasteiger partial charge in [0.05, 0.1) is 4.88 Å². The van der Waals surface area contributed by atoms with E-state index >= 15 is 0 Å². The number of thiophene rings is 1. The summed E-state index contributed by atoms with van der Waals surface area (Å²) in [5.41, 5.74) is 0.941. The van der Waals surface area contributed by atoms with Crippen molar-refractivity contribution in [1.29, 1.82) is 0 Å². The predicted octanol–water partition coefficient (Wildman–Crippen LogP) is 2.41. The Morgan fingerprint density at radius 3 is 2.50 bits per heavy atom. The summed E-state index contributed by atoms with van der Waals surface area (Å²) in [6.07, 6.45) is 0.747. The molecule has 1 aromatic heterocycles. The summed E-state index contributed by atoms with van der Waals surface area (Å²) >= 11 is 1.31. The Balaban J connectivity index is 2.07. The van der Waals surface area contributed by atoms with Crippen LogP contribution in [0.2, 0.25) is 0 Å².